The van der Waals surface area contributed by atoms with Gasteiger partial charge in [0.1, 0.15) is 0 Å². The average Bonchev–Trinajstić information content (AvgIpc) is 1.62. The fourth-order valence-corrected chi connectivity index (χ4v) is 0.214. The summed E-state index contributed by atoms with van der Waals surface area (Å²) < 4.78 is 0. The summed E-state index contributed by atoms with van der Waals surface area (Å²) >= 11 is 0. The first-order valence-corrected chi connectivity index (χ1v) is 2.92. The van der Waals surface area contributed by atoms with Crippen LogP contribution in [0.2, 0.25) is 0 Å². The van der Waals surface area contributed by atoms with E-state index in [0.29, 0.717) is 6.42 Å². The van der Waals surface area contributed by atoms with Crippen molar-refractivity contribution >= 4 is 11.9 Å². The molecular weight excluding hydrogens is 152 g/mol. The third-order valence-electron chi connectivity index (χ3n) is 0.464. The van der Waals surface area contributed by atoms with Gasteiger partial charge in [0.2, 0.25) is 0 Å². The van der Waals surface area contributed by atoms with E-state index in [1.807, 2.05) is 6.92 Å². The third-order valence-corrected chi connectivity index (χ3v) is 0.464. The van der Waals surface area contributed by atoms with Crippen LogP contribution in [0.25, 0.3) is 0 Å². The first-order chi connectivity index (χ1) is 4.50. The predicted molar refractivity (Wildman–Crippen MR) is 39.5 cm³/mol. The second-order valence-electron chi connectivity index (χ2n) is 1.66. The van der Waals surface area contributed by atoms with Crippen LogP contribution in [0.15, 0.2) is 0 Å². The molecule has 0 aromatic heterocycles. The molecule has 0 aromatic carbocycles. The summed E-state index contributed by atoms with van der Waals surface area (Å²) in [5, 5.41) is 15.3. The predicted octanol–water partition coefficient (Wildman–Crippen LogP) is 0.137. The molecule has 0 aliphatic heterocycles. The lowest BCUT2D eigenvalue weighted by Gasteiger charge is -1.79. The molecule has 0 aliphatic carbocycles. The first kappa shape index (κ1) is 16.5. The molecule has 68 valence electrons. The summed E-state index contributed by atoms with van der Waals surface area (Å²) in [6.07, 6.45) is 1.02. The summed E-state index contributed by atoms with van der Waals surface area (Å²) in [6, 6.07) is 0. The van der Waals surface area contributed by atoms with E-state index in [2.05, 4.69) is 0 Å². The van der Waals surface area contributed by atoms with Gasteiger partial charge in [0, 0.05) is 13.3 Å². The Morgan fingerprint density at radius 2 is 1.55 bits per heavy atom. The van der Waals surface area contributed by atoms with Crippen LogP contribution in [0.5, 0.6) is 0 Å². The molecule has 0 saturated heterocycles. The molecule has 5 nitrogen and oxygen atoms in total. The van der Waals surface area contributed by atoms with Gasteiger partial charge in [0.25, 0.3) is 5.97 Å². The van der Waals surface area contributed by atoms with E-state index in [9.17, 15) is 4.79 Å². The van der Waals surface area contributed by atoms with Crippen molar-refractivity contribution < 1.29 is 25.3 Å². The van der Waals surface area contributed by atoms with E-state index in [4.69, 9.17) is 15.0 Å². The van der Waals surface area contributed by atoms with Crippen LogP contribution < -0.4 is 0 Å². The highest BCUT2D eigenvalue weighted by atomic mass is 16.4. The maximum Gasteiger partial charge on any atom is 0.303 e. The molecule has 4 N–H and O–H groups in total. The molecule has 0 atom stereocenters. The molecule has 0 heterocycles. The number of aliphatic carboxylic acids is 2. The van der Waals surface area contributed by atoms with Gasteiger partial charge in [0.05, 0.1) is 0 Å². The highest BCUT2D eigenvalue weighted by Crippen LogP contribution is 1.82. The van der Waals surface area contributed by atoms with Gasteiger partial charge < -0.3 is 15.7 Å². The minimum Gasteiger partial charge on any atom is -0.481 e. The molecule has 0 amide bonds. The molecule has 11 heavy (non-hydrogen) atoms. The van der Waals surface area contributed by atoms with Gasteiger partial charge >= 0.3 is 5.97 Å². The minimum absolute atomic E-state index is 0. The standard InChI is InChI=1S/C4H8O2.C2H4O2.H2O/c1-2-3-4(5)6;1-2(3)4;/h2-3H2,1H3,(H,5,6);1H3,(H,3,4);1H2. The Morgan fingerprint density at radius 3 is 1.55 bits per heavy atom. The monoisotopic (exact) mass is 166 g/mol. The third kappa shape index (κ3) is 117. The maximum absolute atomic E-state index is 9.60. The number of carbonyl (C=O) groups is 2. The zero-order chi connectivity index (χ0) is 8.57. The molecule has 0 saturated carbocycles. The second-order valence-corrected chi connectivity index (χ2v) is 1.66. The molecule has 0 bridgehead atoms. The quantitative estimate of drug-likeness (QED) is 0.608. The topological polar surface area (TPSA) is 106 Å². The Morgan fingerprint density at radius 1 is 1.27 bits per heavy atom. The lowest BCUT2D eigenvalue weighted by atomic mass is 10.4. The van der Waals surface area contributed by atoms with Crippen molar-refractivity contribution in [2.75, 3.05) is 0 Å². The van der Waals surface area contributed by atoms with Crippen LogP contribution in [0, 0.1) is 0 Å². The van der Waals surface area contributed by atoms with Crippen molar-refractivity contribution in [2.24, 2.45) is 0 Å². The van der Waals surface area contributed by atoms with Crippen molar-refractivity contribution in [3.05, 3.63) is 0 Å². The first-order valence-electron chi connectivity index (χ1n) is 2.92. The SMILES string of the molecule is CC(=O)O.CCCC(=O)O.O. The highest BCUT2D eigenvalue weighted by Gasteiger charge is 1.87. The van der Waals surface area contributed by atoms with Crippen LogP contribution in [0.4, 0.5) is 0 Å². The van der Waals surface area contributed by atoms with Crippen LogP contribution in [-0.4, -0.2) is 27.6 Å². The lowest BCUT2D eigenvalue weighted by Crippen LogP contribution is -1.90. The molecule has 0 rings (SSSR count). The number of carboxylic acid groups (broad SMARTS) is 2. The zero-order valence-electron chi connectivity index (χ0n) is 6.63. The Kier molecular flexibility index (Phi) is 17.5. The van der Waals surface area contributed by atoms with Crippen molar-refractivity contribution in [1.82, 2.24) is 0 Å². The van der Waals surface area contributed by atoms with Gasteiger partial charge in [0.15, 0.2) is 0 Å². The Labute approximate surface area is 65.0 Å². The fourth-order valence-electron chi connectivity index (χ4n) is 0.214. The van der Waals surface area contributed by atoms with Crippen molar-refractivity contribution in [3.63, 3.8) is 0 Å². The van der Waals surface area contributed by atoms with Crippen molar-refractivity contribution in [3.8, 4) is 0 Å². The smallest absolute Gasteiger partial charge is 0.303 e. The molecule has 0 aliphatic rings. The Balaban J connectivity index is -0.000000114. The summed E-state index contributed by atoms with van der Waals surface area (Å²) in [5.74, 6) is -1.54. The van der Waals surface area contributed by atoms with Gasteiger partial charge in [-0.25, -0.2) is 0 Å². The van der Waals surface area contributed by atoms with Crippen LogP contribution in [-0.2, 0) is 9.59 Å². The molecule has 0 radical (unpaired) electrons. The van der Waals surface area contributed by atoms with Gasteiger partial charge in [-0.2, -0.15) is 0 Å². The summed E-state index contributed by atoms with van der Waals surface area (Å²) in [6.45, 7) is 2.92. The highest BCUT2D eigenvalue weighted by molar-refractivity contribution is 5.66. The number of hydrogen-bond acceptors (Lipinski definition) is 2. The largest absolute Gasteiger partial charge is 0.481 e. The molecule has 0 spiro atoms. The number of carboxylic acids is 2. The second kappa shape index (κ2) is 11.7. The van der Waals surface area contributed by atoms with E-state index in [1.54, 1.807) is 0 Å². The lowest BCUT2D eigenvalue weighted by molar-refractivity contribution is -0.137. The van der Waals surface area contributed by atoms with Gasteiger partial charge in [-0.05, 0) is 6.42 Å². The van der Waals surface area contributed by atoms with E-state index in [1.165, 1.54) is 0 Å². The number of hydrogen-bond donors (Lipinski definition) is 2. The van der Waals surface area contributed by atoms with E-state index >= 15 is 0 Å². The Hall–Kier alpha value is -1.10. The molecule has 0 unspecified atom stereocenters. The van der Waals surface area contributed by atoms with Crippen molar-refractivity contribution in [2.45, 2.75) is 26.7 Å². The molecule has 5 heteroatoms. The maximum atomic E-state index is 9.60. The van der Waals surface area contributed by atoms with Crippen LogP contribution in [0.3, 0.4) is 0 Å². The molecule has 0 fully saturated rings. The van der Waals surface area contributed by atoms with E-state index in [0.717, 1.165) is 13.3 Å². The van der Waals surface area contributed by atoms with E-state index < -0.39 is 11.9 Å². The van der Waals surface area contributed by atoms with Gasteiger partial charge in [-0.15, -0.1) is 0 Å². The summed E-state index contributed by atoms with van der Waals surface area (Å²) in [4.78, 5) is 18.6. The minimum atomic E-state index is -0.833. The van der Waals surface area contributed by atoms with Gasteiger partial charge in [-0.3, -0.25) is 9.59 Å². The van der Waals surface area contributed by atoms with Gasteiger partial charge in [-0.1, -0.05) is 6.92 Å². The normalized spacial score (nSPS) is 6.73. The Bertz CT molecular complexity index is 106. The summed E-state index contributed by atoms with van der Waals surface area (Å²) in [7, 11) is 0. The summed E-state index contributed by atoms with van der Waals surface area (Å²) in [5.41, 5.74) is 0. The fraction of sp³-hybridized carbons (Fsp3) is 0.667. The number of rotatable bonds is 2. The molecular formula is C6H14O5. The van der Waals surface area contributed by atoms with Crippen LogP contribution in [0.1, 0.15) is 26.7 Å². The van der Waals surface area contributed by atoms with Crippen molar-refractivity contribution in [1.29, 1.82) is 0 Å². The zero-order valence-corrected chi connectivity index (χ0v) is 6.63. The molecule has 0 aromatic rings. The average molecular weight is 166 g/mol. The van der Waals surface area contributed by atoms with E-state index in [-0.39, 0.29) is 5.48 Å². The van der Waals surface area contributed by atoms with Crippen LogP contribution >= 0.6 is 0 Å².